The van der Waals surface area contributed by atoms with Crippen molar-refractivity contribution in [3.8, 4) is 0 Å². The zero-order valence-electron chi connectivity index (χ0n) is 17.1. The molecule has 1 amide bonds. The molecule has 0 fully saturated rings. The second-order valence-electron chi connectivity index (χ2n) is 7.24. The molecule has 0 N–H and O–H groups in total. The van der Waals surface area contributed by atoms with Gasteiger partial charge in [0.15, 0.2) is 10.8 Å². The summed E-state index contributed by atoms with van der Waals surface area (Å²) in [5.41, 5.74) is 5.74. The van der Waals surface area contributed by atoms with E-state index in [4.69, 9.17) is 4.98 Å². The lowest BCUT2D eigenvalue weighted by molar-refractivity contribution is 0.0979. The molecule has 2 aromatic heterocycles. The van der Waals surface area contributed by atoms with Gasteiger partial charge in [0.05, 0.1) is 16.8 Å². The first-order valence-electron chi connectivity index (χ1n) is 9.75. The van der Waals surface area contributed by atoms with Crippen LogP contribution in [0.1, 0.15) is 39.8 Å². The minimum absolute atomic E-state index is 0.126. The van der Waals surface area contributed by atoms with E-state index in [1.54, 1.807) is 16.2 Å². The van der Waals surface area contributed by atoms with Crippen LogP contribution in [0.4, 0.5) is 5.13 Å². The Morgan fingerprint density at radius 2 is 1.79 bits per heavy atom. The lowest BCUT2D eigenvalue weighted by Crippen LogP contribution is -2.30. The average molecular weight is 405 g/mol. The second-order valence-corrected chi connectivity index (χ2v) is 8.21. The number of hydrogen-bond donors (Lipinski definition) is 0. The van der Waals surface area contributed by atoms with Gasteiger partial charge in [-0.25, -0.2) is 4.98 Å². The van der Waals surface area contributed by atoms with Crippen LogP contribution in [-0.2, 0) is 13.1 Å². The van der Waals surface area contributed by atoms with E-state index >= 15 is 0 Å². The Labute approximate surface area is 174 Å². The van der Waals surface area contributed by atoms with Crippen molar-refractivity contribution in [2.45, 2.75) is 40.8 Å². The van der Waals surface area contributed by atoms with Gasteiger partial charge < -0.3 is 0 Å². The largest absolute Gasteiger partial charge is 0.280 e. The smallest absolute Gasteiger partial charge is 0.278 e. The van der Waals surface area contributed by atoms with Gasteiger partial charge in [0.2, 0.25) is 0 Å². The number of anilines is 1. The van der Waals surface area contributed by atoms with Crippen LogP contribution in [0.2, 0.25) is 0 Å². The molecule has 148 valence electrons. The van der Waals surface area contributed by atoms with Gasteiger partial charge in [-0.3, -0.25) is 14.4 Å². The monoisotopic (exact) mass is 404 g/mol. The number of rotatable bonds is 5. The summed E-state index contributed by atoms with van der Waals surface area (Å²) < 4.78 is 2.97. The van der Waals surface area contributed by atoms with Gasteiger partial charge in [0.1, 0.15) is 0 Å². The molecule has 0 saturated carbocycles. The Morgan fingerprint density at radius 3 is 2.45 bits per heavy atom. The fourth-order valence-electron chi connectivity index (χ4n) is 3.43. The molecular formula is C23H24N4OS. The first kappa shape index (κ1) is 19.3. The third-order valence-electron chi connectivity index (χ3n) is 5.09. The Kier molecular flexibility index (Phi) is 5.20. The fourth-order valence-corrected chi connectivity index (χ4v) is 4.54. The van der Waals surface area contributed by atoms with Crippen LogP contribution in [0.15, 0.2) is 48.5 Å². The molecule has 0 radical (unpaired) electrons. The van der Waals surface area contributed by atoms with Crippen LogP contribution in [0, 0.1) is 20.8 Å². The van der Waals surface area contributed by atoms with Crippen molar-refractivity contribution in [1.82, 2.24) is 14.8 Å². The molecule has 0 bridgehead atoms. The van der Waals surface area contributed by atoms with Gasteiger partial charge in [-0.1, -0.05) is 53.8 Å². The van der Waals surface area contributed by atoms with Crippen LogP contribution >= 0.6 is 11.3 Å². The van der Waals surface area contributed by atoms with Crippen molar-refractivity contribution < 1.29 is 4.79 Å². The van der Waals surface area contributed by atoms with Crippen molar-refractivity contribution in [3.05, 3.63) is 76.6 Å². The molecule has 4 aromatic rings. The van der Waals surface area contributed by atoms with E-state index in [2.05, 4.69) is 31.1 Å². The summed E-state index contributed by atoms with van der Waals surface area (Å²) in [4.78, 5) is 20.1. The molecule has 5 nitrogen and oxygen atoms in total. The summed E-state index contributed by atoms with van der Waals surface area (Å²) in [5, 5.41) is 5.21. The average Bonchev–Trinajstić information content (AvgIpc) is 3.34. The SMILES string of the molecule is CCn1nc(C(=O)N(Cc2ccccc2)c2nc3c(C)ccc(C)c3s2)cc1C. The number of nitrogens with zero attached hydrogens (tertiary/aromatic N) is 4. The number of aryl methyl sites for hydroxylation is 4. The van der Waals surface area contributed by atoms with E-state index < -0.39 is 0 Å². The maximum Gasteiger partial charge on any atom is 0.280 e. The molecule has 6 heteroatoms. The van der Waals surface area contributed by atoms with E-state index in [0.717, 1.165) is 33.6 Å². The Balaban J connectivity index is 1.81. The second kappa shape index (κ2) is 7.79. The Morgan fingerprint density at radius 1 is 1.07 bits per heavy atom. The quantitative estimate of drug-likeness (QED) is 0.454. The molecule has 0 spiro atoms. The molecular weight excluding hydrogens is 380 g/mol. The summed E-state index contributed by atoms with van der Waals surface area (Å²) >= 11 is 1.56. The van der Waals surface area contributed by atoms with Crippen molar-refractivity contribution in [3.63, 3.8) is 0 Å². The summed E-state index contributed by atoms with van der Waals surface area (Å²) in [6.45, 7) is 9.32. The maximum atomic E-state index is 13.5. The number of benzene rings is 2. The molecule has 0 aliphatic carbocycles. The maximum absolute atomic E-state index is 13.5. The van der Waals surface area contributed by atoms with Gasteiger partial charge >= 0.3 is 0 Å². The van der Waals surface area contributed by atoms with E-state index in [-0.39, 0.29) is 5.91 Å². The Hall–Kier alpha value is -2.99. The van der Waals surface area contributed by atoms with Crippen molar-refractivity contribution in [2.75, 3.05) is 4.90 Å². The number of amides is 1. The molecule has 0 saturated heterocycles. The van der Waals surface area contributed by atoms with Crippen LogP contribution in [0.25, 0.3) is 10.2 Å². The van der Waals surface area contributed by atoms with Crippen LogP contribution in [0.3, 0.4) is 0 Å². The van der Waals surface area contributed by atoms with Crippen molar-refractivity contribution in [1.29, 1.82) is 0 Å². The van der Waals surface area contributed by atoms with E-state index in [1.807, 2.05) is 54.9 Å². The zero-order chi connectivity index (χ0) is 20.5. The lowest BCUT2D eigenvalue weighted by atomic mass is 10.1. The van der Waals surface area contributed by atoms with Gasteiger partial charge in [-0.15, -0.1) is 0 Å². The van der Waals surface area contributed by atoms with E-state index in [9.17, 15) is 4.79 Å². The highest BCUT2D eigenvalue weighted by molar-refractivity contribution is 7.22. The number of thiazole rings is 1. The van der Waals surface area contributed by atoms with Gasteiger partial charge in [0, 0.05) is 12.2 Å². The van der Waals surface area contributed by atoms with Crippen LogP contribution in [0.5, 0.6) is 0 Å². The molecule has 0 aliphatic heterocycles. The summed E-state index contributed by atoms with van der Waals surface area (Å²) in [6.07, 6.45) is 0. The first-order valence-corrected chi connectivity index (χ1v) is 10.6. The summed E-state index contributed by atoms with van der Waals surface area (Å²) in [7, 11) is 0. The molecule has 0 atom stereocenters. The van der Waals surface area contributed by atoms with Crippen molar-refractivity contribution in [2.24, 2.45) is 0 Å². The highest BCUT2D eigenvalue weighted by atomic mass is 32.1. The first-order chi connectivity index (χ1) is 14.0. The highest BCUT2D eigenvalue weighted by Crippen LogP contribution is 2.34. The summed E-state index contributed by atoms with van der Waals surface area (Å²) in [6, 6.07) is 16.0. The third-order valence-corrected chi connectivity index (χ3v) is 6.30. The number of hydrogen-bond acceptors (Lipinski definition) is 4. The standard InChI is InChI=1S/C23H24N4OS/c1-5-27-17(4)13-19(25-27)22(28)26(14-18-9-7-6-8-10-18)23-24-20-15(2)11-12-16(3)21(20)29-23/h6-13H,5,14H2,1-4H3. The predicted octanol–water partition coefficient (Wildman–Crippen LogP) is 5.28. The molecule has 2 aromatic carbocycles. The molecule has 4 rings (SSSR count). The molecule has 2 heterocycles. The number of carbonyl (C=O) groups is 1. The van der Waals surface area contributed by atoms with Crippen LogP contribution < -0.4 is 4.90 Å². The van der Waals surface area contributed by atoms with Crippen molar-refractivity contribution >= 4 is 32.6 Å². The number of carbonyl (C=O) groups excluding carboxylic acids is 1. The van der Waals surface area contributed by atoms with Crippen LogP contribution in [-0.4, -0.2) is 20.7 Å². The topological polar surface area (TPSA) is 51.0 Å². The lowest BCUT2D eigenvalue weighted by Gasteiger charge is -2.19. The minimum Gasteiger partial charge on any atom is -0.278 e. The highest BCUT2D eigenvalue weighted by Gasteiger charge is 2.25. The third kappa shape index (κ3) is 3.68. The molecule has 29 heavy (non-hydrogen) atoms. The summed E-state index contributed by atoms with van der Waals surface area (Å²) in [5.74, 6) is -0.126. The molecule has 0 aliphatic rings. The van der Waals surface area contributed by atoms with Gasteiger partial charge in [-0.2, -0.15) is 5.10 Å². The molecule has 0 unspecified atom stereocenters. The Bertz CT molecular complexity index is 1140. The number of fused-ring (bicyclic) bond motifs is 1. The van der Waals surface area contributed by atoms with Gasteiger partial charge in [0.25, 0.3) is 5.91 Å². The normalized spacial score (nSPS) is 11.2. The predicted molar refractivity (Wildman–Crippen MR) is 119 cm³/mol. The fraction of sp³-hybridized carbons (Fsp3) is 0.261. The van der Waals surface area contributed by atoms with E-state index in [0.29, 0.717) is 17.4 Å². The van der Waals surface area contributed by atoms with Gasteiger partial charge in [-0.05, 0) is 50.5 Å². The minimum atomic E-state index is -0.126. The number of aromatic nitrogens is 3. The zero-order valence-corrected chi connectivity index (χ0v) is 18.0. The van der Waals surface area contributed by atoms with E-state index in [1.165, 1.54) is 5.56 Å².